The highest BCUT2D eigenvalue weighted by atomic mass is 16.7. The van der Waals surface area contributed by atoms with E-state index in [4.69, 9.17) is 14.6 Å². The summed E-state index contributed by atoms with van der Waals surface area (Å²) in [5, 5.41) is 10.3. The molecule has 8 heteroatoms. The van der Waals surface area contributed by atoms with Crippen molar-refractivity contribution in [2.75, 3.05) is 13.3 Å². The Morgan fingerprint density at radius 2 is 1.63 bits per heavy atom. The average molecular weight is 469 g/mol. The monoisotopic (exact) mass is 468 g/mol. The number of hydrogen-bond donors (Lipinski definition) is 2. The van der Waals surface area contributed by atoms with Gasteiger partial charge in [0.15, 0.2) is 11.5 Å². The Morgan fingerprint density at radius 3 is 2.43 bits per heavy atom. The van der Waals surface area contributed by atoms with E-state index in [2.05, 4.69) is 10.6 Å². The Hall–Kier alpha value is -4.59. The molecule has 0 bridgehead atoms. The normalized spacial score (nSPS) is 11.8. The van der Waals surface area contributed by atoms with Crippen LogP contribution in [0.5, 0.6) is 11.5 Å². The fourth-order valence-electron chi connectivity index (χ4n) is 3.84. The second-order valence-corrected chi connectivity index (χ2v) is 8.08. The number of fused-ring (bicyclic) bond motifs is 1. The molecule has 1 aromatic heterocycles. The Morgan fingerprint density at radius 1 is 0.886 bits per heavy atom. The summed E-state index contributed by atoms with van der Waals surface area (Å²) < 4.78 is 12.4. The third-order valence-corrected chi connectivity index (χ3v) is 5.59. The molecule has 1 aliphatic heterocycles. The van der Waals surface area contributed by atoms with Gasteiger partial charge in [0.05, 0.1) is 18.8 Å². The van der Waals surface area contributed by atoms with E-state index in [1.54, 1.807) is 18.2 Å². The molecule has 4 aromatic rings. The van der Waals surface area contributed by atoms with Crippen molar-refractivity contribution in [1.29, 1.82) is 0 Å². The summed E-state index contributed by atoms with van der Waals surface area (Å²) >= 11 is 0. The smallest absolute Gasteiger partial charge is 0.251 e. The molecule has 0 saturated heterocycles. The van der Waals surface area contributed by atoms with Gasteiger partial charge in [0, 0.05) is 29.4 Å². The van der Waals surface area contributed by atoms with Crippen LogP contribution in [0, 0.1) is 0 Å². The minimum absolute atomic E-state index is 0.135. The summed E-state index contributed by atoms with van der Waals surface area (Å²) in [6.07, 6.45) is 1.95. The number of rotatable bonds is 8. The van der Waals surface area contributed by atoms with Crippen LogP contribution in [0.1, 0.15) is 21.5 Å². The van der Waals surface area contributed by atoms with Crippen LogP contribution < -0.4 is 20.1 Å². The van der Waals surface area contributed by atoms with Gasteiger partial charge in [0.2, 0.25) is 12.7 Å². The quantitative estimate of drug-likeness (QED) is 0.414. The molecule has 0 spiro atoms. The molecule has 0 radical (unpaired) electrons. The molecule has 2 N–H and O–H groups in total. The largest absolute Gasteiger partial charge is 0.454 e. The van der Waals surface area contributed by atoms with Crippen LogP contribution in [-0.2, 0) is 17.9 Å². The number of ether oxygens (including phenoxy) is 2. The topological polar surface area (TPSA) is 94.5 Å². The van der Waals surface area contributed by atoms with Crippen molar-refractivity contribution in [3.05, 3.63) is 102 Å². The molecule has 0 aliphatic carbocycles. The lowest BCUT2D eigenvalue weighted by molar-refractivity contribution is -0.120. The molecule has 1 aliphatic rings. The van der Waals surface area contributed by atoms with Crippen LogP contribution in [0.3, 0.4) is 0 Å². The first-order chi connectivity index (χ1) is 17.2. The minimum atomic E-state index is -0.362. The van der Waals surface area contributed by atoms with Gasteiger partial charge < -0.3 is 20.1 Å². The van der Waals surface area contributed by atoms with Crippen molar-refractivity contribution in [1.82, 2.24) is 20.4 Å². The van der Waals surface area contributed by atoms with Crippen molar-refractivity contribution in [3.8, 4) is 22.8 Å². The summed E-state index contributed by atoms with van der Waals surface area (Å²) in [6, 6.07) is 24.8. The molecule has 2 amide bonds. The van der Waals surface area contributed by atoms with Crippen molar-refractivity contribution >= 4 is 11.8 Å². The van der Waals surface area contributed by atoms with Gasteiger partial charge in [-0.1, -0.05) is 60.7 Å². The van der Waals surface area contributed by atoms with Gasteiger partial charge in [-0.2, -0.15) is 5.10 Å². The van der Waals surface area contributed by atoms with Crippen LogP contribution in [-0.4, -0.2) is 34.9 Å². The summed E-state index contributed by atoms with van der Waals surface area (Å²) in [5.41, 5.74) is 4.21. The van der Waals surface area contributed by atoms with Gasteiger partial charge in [0.1, 0.15) is 0 Å². The van der Waals surface area contributed by atoms with E-state index in [1.807, 2.05) is 71.5 Å². The molecule has 35 heavy (non-hydrogen) atoms. The lowest BCUT2D eigenvalue weighted by Gasteiger charge is -2.08. The van der Waals surface area contributed by atoms with E-state index in [9.17, 15) is 9.59 Å². The second-order valence-electron chi connectivity index (χ2n) is 8.08. The van der Waals surface area contributed by atoms with Gasteiger partial charge in [-0.3, -0.25) is 14.3 Å². The van der Waals surface area contributed by atoms with E-state index in [0.717, 1.165) is 22.4 Å². The molecule has 0 atom stereocenters. The molecular weight excluding hydrogens is 444 g/mol. The Bertz CT molecular complexity index is 1340. The van der Waals surface area contributed by atoms with E-state index < -0.39 is 0 Å². The molecule has 5 rings (SSSR count). The highest BCUT2D eigenvalue weighted by Gasteiger charge is 2.17. The number of nitrogens with zero attached hydrogens (tertiary/aromatic N) is 2. The number of aromatic nitrogens is 2. The summed E-state index contributed by atoms with van der Waals surface area (Å²) in [6.45, 7) is 0.903. The zero-order valence-corrected chi connectivity index (χ0v) is 18.9. The number of carbonyl (C=O) groups excluding carboxylic acids is 2. The number of benzene rings is 3. The van der Waals surface area contributed by atoms with Gasteiger partial charge >= 0.3 is 0 Å². The lowest BCUT2D eigenvalue weighted by Crippen LogP contribution is -2.36. The third-order valence-electron chi connectivity index (χ3n) is 5.59. The van der Waals surface area contributed by atoms with Gasteiger partial charge in [-0.25, -0.2) is 0 Å². The number of hydrogen-bond acceptors (Lipinski definition) is 5. The van der Waals surface area contributed by atoms with Crippen molar-refractivity contribution in [2.45, 2.75) is 13.1 Å². The Kier molecular flexibility index (Phi) is 6.43. The second kappa shape index (κ2) is 10.1. The molecule has 0 unspecified atom stereocenters. The Balaban J connectivity index is 1.22. The fourth-order valence-corrected chi connectivity index (χ4v) is 3.84. The van der Waals surface area contributed by atoms with E-state index >= 15 is 0 Å². The first kappa shape index (κ1) is 22.2. The third kappa shape index (κ3) is 5.33. The highest BCUT2D eigenvalue weighted by Crippen LogP contribution is 2.32. The Labute approximate surface area is 202 Å². The summed E-state index contributed by atoms with van der Waals surface area (Å²) in [7, 11) is 0. The zero-order valence-electron chi connectivity index (χ0n) is 18.9. The highest BCUT2D eigenvalue weighted by molar-refractivity contribution is 5.97. The van der Waals surface area contributed by atoms with Crippen LogP contribution in [0.2, 0.25) is 0 Å². The summed E-state index contributed by atoms with van der Waals surface area (Å²) in [5.74, 6) is 0.456. The maximum absolute atomic E-state index is 12.5. The van der Waals surface area contributed by atoms with Crippen molar-refractivity contribution < 1.29 is 19.1 Å². The molecule has 2 heterocycles. The predicted octanol–water partition coefficient (Wildman–Crippen LogP) is 3.37. The molecule has 8 nitrogen and oxygen atoms in total. The van der Waals surface area contributed by atoms with Crippen LogP contribution >= 0.6 is 0 Å². The molecular formula is C27H24N4O4. The van der Waals surface area contributed by atoms with Gasteiger partial charge in [-0.05, 0) is 23.8 Å². The maximum Gasteiger partial charge on any atom is 0.251 e. The molecule has 0 saturated carbocycles. The van der Waals surface area contributed by atoms with E-state index in [1.165, 1.54) is 0 Å². The zero-order chi connectivity index (χ0) is 24.0. The van der Waals surface area contributed by atoms with E-state index in [-0.39, 0.29) is 31.7 Å². The molecule has 0 fully saturated rings. The number of carbonyl (C=O) groups is 2. The van der Waals surface area contributed by atoms with Crippen molar-refractivity contribution in [3.63, 3.8) is 0 Å². The number of nitrogens with one attached hydrogen (secondary N) is 2. The predicted molar refractivity (Wildman–Crippen MR) is 130 cm³/mol. The van der Waals surface area contributed by atoms with Crippen LogP contribution in [0.25, 0.3) is 11.3 Å². The van der Waals surface area contributed by atoms with Crippen LogP contribution in [0.15, 0.2) is 85.1 Å². The molecule has 176 valence electrons. The van der Waals surface area contributed by atoms with Crippen LogP contribution in [0.4, 0.5) is 0 Å². The number of amides is 2. The standard InChI is InChI=1S/C27H24N4O4/c32-25(15-29-27(33)21-11-12-23-24(13-21)35-18-34-23)28-14-22-17-31(16-19-7-3-1-4-8-19)30-26(22)20-9-5-2-6-10-20/h1-13,17H,14-16,18H2,(H,28,32)(H,29,33). The summed E-state index contributed by atoms with van der Waals surface area (Å²) in [4.78, 5) is 24.9. The maximum atomic E-state index is 12.5. The van der Waals surface area contributed by atoms with Gasteiger partial charge in [-0.15, -0.1) is 0 Å². The molecule has 3 aromatic carbocycles. The lowest BCUT2D eigenvalue weighted by atomic mass is 10.1. The minimum Gasteiger partial charge on any atom is -0.454 e. The first-order valence-electron chi connectivity index (χ1n) is 11.3. The fraction of sp³-hybridized carbons (Fsp3) is 0.148. The van der Waals surface area contributed by atoms with E-state index in [0.29, 0.717) is 23.6 Å². The first-order valence-corrected chi connectivity index (χ1v) is 11.3. The average Bonchev–Trinajstić information content (AvgIpc) is 3.53. The van der Waals surface area contributed by atoms with Gasteiger partial charge in [0.25, 0.3) is 5.91 Å². The van der Waals surface area contributed by atoms with Crippen molar-refractivity contribution in [2.24, 2.45) is 0 Å². The SMILES string of the molecule is O=C(CNC(=O)c1ccc2c(c1)OCO2)NCc1cn(Cc2ccccc2)nc1-c1ccccc1.